The molecule has 2 aliphatic rings. The van der Waals surface area contributed by atoms with E-state index in [0.29, 0.717) is 18.0 Å². The first-order chi connectivity index (χ1) is 17.0. The van der Waals surface area contributed by atoms with Crippen LogP contribution in [0, 0.1) is 0 Å². The van der Waals surface area contributed by atoms with Crippen molar-refractivity contribution in [1.82, 2.24) is 15.1 Å². The van der Waals surface area contributed by atoms with Crippen LogP contribution in [0.5, 0.6) is 0 Å². The minimum Gasteiger partial charge on any atom is -0.351 e. The molecule has 1 aromatic heterocycles. The Morgan fingerprint density at radius 2 is 2.00 bits per heavy atom. The molecule has 1 aromatic carbocycles. The summed E-state index contributed by atoms with van der Waals surface area (Å²) in [5.74, 6) is 0.410. The molecule has 0 bridgehead atoms. The van der Waals surface area contributed by atoms with Crippen molar-refractivity contribution in [2.75, 3.05) is 11.2 Å². The van der Waals surface area contributed by atoms with Crippen LogP contribution in [0.1, 0.15) is 75.0 Å². The first kappa shape index (κ1) is 25.9. The van der Waals surface area contributed by atoms with Crippen molar-refractivity contribution in [2.24, 2.45) is 0 Å². The standard InChI is InChI=1S/C27H36N4O2S2/c1-4-5-15-35-18-21-16-24-25(32)31(22-13-10-14-23(17-22)34-3)27(2,19-30(24)29-21)26(33)28-20-11-8-6-7-9-12-20/h5,10,13-17,20H,4,6-9,11-12,18-19H2,1-3H3,(H,28,33)/b15-5-. The summed E-state index contributed by atoms with van der Waals surface area (Å²) < 4.78 is 1.74. The number of fused-ring (bicyclic) bond motifs is 1. The fraction of sp³-hybridized carbons (Fsp3) is 0.519. The summed E-state index contributed by atoms with van der Waals surface area (Å²) in [4.78, 5) is 30.6. The minimum absolute atomic E-state index is 0.102. The first-order valence-electron chi connectivity index (χ1n) is 12.6. The molecule has 2 aromatic rings. The van der Waals surface area contributed by atoms with Crippen LogP contribution in [0.2, 0.25) is 0 Å². The summed E-state index contributed by atoms with van der Waals surface area (Å²) in [5.41, 5.74) is 1.06. The van der Waals surface area contributed by atoms with E-state index in [9.17, 15) is 9.59 Å². The van der Waals surface area contributed by atoms with E-state index in [2.05, 4.69) is 23.7 Å². The average molecular weight is 513 g/mol. The van der Waals surface area contributed by atoms with Crippen LogP contribution in [0.25, 0.3) is 0 Å². The van der Waals surface area contributed by atoms with Crippen LogP contribution in [0.15, 0.2) is 46.7 Å². The van der Waals surface area contributed by atoms with Gasteiger partial charge in [0.05, 0.1) is 12.2 Å². The van der Waals surface area contributed by atoms with Gasteiger partial charge in [-0.1, -0.05) is 44.7 Å². The van der Waals surface area contributed by atoms with E-state index in [1.807, 2.05) is 43.5 Å². The highest BCUT2D eigenvalue weighted by molar-refractivity contribution is 8.01. The van der Waals surface area contributed by atoms with Gasteiger partial charge in [-0.15, -0.1) is 23.5 Å². The van der Waals surface area contributed by atoms with E-state index < -0.39 is 5.54 Å². The Hall–Kier alpha value is -2.19. The number of allylic oxidation sites excluding steroid dienone is 1. The molecule has 1 unspecified atom stereocenters. The molecule has 35 heavy (non-hydrogen) atoms. The maximum Gasteiger partial charge on any atom is 0.277 e. The van der Waals surface area contributed by atoms with Crippen LogP contribution in [-0.4, -0.2) is 39.4 Å². The van der Waals surface area contributed by atoms with Gasteiger partial charge in [0.1, 0.15) is 11.2 Å². The van der Waals surface area contributed by atoms with Crippen LogP contribution >= 0.6 is 23.5 Å². The maximum atomic E-state index is 13.9. The molecule has 1 atom stereocenters. The number of carbonyl (C=O) groups is 2. The van der Waals surface area contributed by atoms with Crippen molar-refractivity contribution in [3.05, 3.63) is 53.2 Å². The van der Waals surface area contributed by atoms with Gasteiger partial charge in [0, 0.05) is 22.4 Å². The summed E-state index contributed by atoms with van der Waals surface area (Å²) in [6.45, 7) is 4.31. The number of benzene rings is 1. The molecule has 0 saturated heterocycles. The molecule has 0 radical (unpaired) electrons. The lowest BCUT2D eigenvalue weighted by molar-refractivity contribution is -0.127. The van der Waals surface area contributed by atoms with Crippen molar-refractivity contribution in [3.63, 3.8) is 0 Å². The third-order valence-corrected chi connectivity index (χ3v) is 8.43. The third kappa shape index (κ3) is 5.80. The molecule has 8 heteroatoms. The summed E-state index contributed by atoms with van der Waals surface area (Å²) in [6.07, 6.45) is 11.8. The molecule has 188 valence electrons. The smallest absolute Gasteiger partial charge is 0.277 e. The number of thioether (sulfide) groups is 2. The van der Waals surface area contributed by atoms with Crippen LogP contribution in [0.3, 0.4) is 0 Å². The largest absolute Gasteiger partial charge is 0.351 e. The second kappa shape index (κ2) is 11.7. The Kier molecular flexibility index (Phi) is 8.65. The zero-order valence-electron chi connectivity index (χ0n) is 21.0. The van der Waals surface area contributed by atoms with Gasteiger partial charge in [0.25, 0.3) is 5.91 Å². The highest BCUT2D eigenvalue weighted by Crippen LogP contribution is 2.35. The van der Waals surface area contributed by atoms with Gasteiger partial charge in [-0.3, -0.25) is 19.2 Å². The van der Waals surface area contributed by atoms with Gasteiger partial charge in [-0.05, 0) is 62.1 Å². The van der Waals surface area contributed by atoms with E-state index in [-0.39, 0.29) is 17.9 Å². The van der Waals surface area contributed by atoms with Crippen LogP contribution in [0.4, 0.5) is 5.69 Å². The Morgan fingerprint density at radius 1 is 1.23 bits per heavy atom. The number of rotatable bonds is 8. The number of aromatic nitrogens is 2. The quantitative estimate of drug-likeness (QED) is 0.346. The highest BCUT2D eigenvalue weighted by atomic mass is 32.2. The lowest BCUT2D eigenvalue weighted by Gasteiger charge is -2.43. The predicted octanol–water partition coefficient (Wildman–Crippen LogP) is 6.02. The van der Waals surface area contributed by atoms with Gasteiger partial charge in [-0.25, -0.2) is 0 Å². The number of anilines is 1. The Morgan fingerprint density at radius 3 is 2.71 bits per heavy atom. The number of amides is 2. The third-order valence-electron chi connectivity index (χ3n) is 6.85. The van der Waals surface area contributed by atoms with E-state index in [1.54, 1.807) is 33.1 Å². The summed E-state index contributed by atoms with van der Waals surface area (Å²) >= 11 is 3.29. The average Bonchev–Trinajstić information content (AvgIpc) is 3.08. The number of hydrogen-bond donors (Lipinski definition) is 1. The zero-order valence-corrected chi connectivity index (χ0v) is 22.6. The number of nitrogens with one attached hydrogen (secondary N) is 1. The van der Waals surface area contributed by atoms with E-state index in [1.165, 1.54) is 12.8 Å². The van der Waals surface area contributed by atoms with Gasteiger partial charge in [0.15, 0.2) is 0 Å². The number of nitrogens with zero attached hydrogens (tertiary/aromatic N) is 3. The molecule has 2 heterocycles. The molecule has 1 N–H and O–H groups in total. The monoisotopic (exact) mass is 512 g/mol. The van der Waals surface area contributed by atoms with E-state index in [0.717, 1.165) is 48.4 Å². The second-order valence-electron chi connectivity index (χ2n) is 9.55. The Balaban J connectivity index is 1.68. The highest BCUT2D eigenvalue weighted by Gasteiger charge is 2.49. The molecule has 1 saturated carbocycles. The van der Waals surface area contributed by atoms with E-state index >= 15 is 0 Å². The fourth-order valence-corrected chi connectivity index (χ4v) is 6.11. The molecular formula is C27H36N4O2S2. The first-order valence-corrected chi connectivity index (χ1v) is 14.9. The SMILES string of the molecule is CC/C=C\SCc1cc2n(n1)CC(C)(C(=O)NC1CCCCCC1)N(c1cccc(SC)c1)C2=O. The van der Waals surface area contributed by atoms with Crippen LogP contribution < -0.4 is 10.2 Å². The van der Waals surface area contributed by atoms with Gasteiger partial charge in [-0.2, -0.15) is 5.10 Å². The van der Waals surface area contributed by atoms with Crippen molar-refractivity contribution >= 4 is 41.0 Å². The Labute approximate surface area is 217 Å². The normalized spacial score (nSPS) is 21.2. The molecule has 1 aliphatic carbocycles. The lowest BCUT2D eigenvalue weighted by atomic mass is 9.93. The summed E-state index contributed by atoms with van der Waals surface area (Å²) in [6, 6.07) is 9.93. The van der Waals surface area contributed by atoms with Gasteiger partial charge >= 0.3 is 0 Å². The van der Waals surface area contributed by atoms with Crippen molar-refractivity contribution in [3.8, 4) is 0 Å². The van der Waals surface area contributed by atoms with Crippen molar-refractivity contribution < 1.29 is 9.59 Å². The molecule has 1 fully saturated rings. The van der Waals surface area contributed by atoms with Crippen molar-refractivity contribution in [1.29, 1.82) is 0 Å². The van der Waals surface area contributed by atoms with E-state index in [4.69, 9.17) is 5.10 Å². The predicted molar refractivity (Wildman–Crippen MR) is 146 cm³/mol. The lowest BCUT2D eigenvalue weighted by Crippen LogP contribution is -2.65. The molecule has 6 nitrogen and oxygen atoms in total. The second-order valence-corrected chi connectivity index (χ2v) is 11.3. The zero-order chi connectivity index (χ0) is 24.8. The molecule has 1 aliphatic heterocycles. The topological polar surface area (TPSA) is 67.2 Å². The molecule has 0 spiro atoms. The summed E-state index contributed by atoms with van der Waals surface area (Å²) in [7, 11) is 0. The van der Waals surface area contributed by atoms with Gasteiger partial charge < -0.3 is 5.32 Å². The molecule has 2 amide bonds. The number of carbonyl (C=O) groups excluding carboxylic acids is 2. The number of hydrogen-bond acceptors (Lipinski definition) is 5. The Bertz CT molecular complexity index is 1070. The van der Waals surface area contributed by atoms with Gasteiger partial charge in [0.2, 0.25) is 5.91 Å². The fourth-order valence-electron chi connectivity index (χ4n) is 4.92. The van der Waals surface area contributed by atoms with Crippen molar-refractivity contribution in [2.45, 2.75) is 87.6 Å². The maximum absolute atomic E-state index is 13.9. The molecule has 4 rings (SSSR count). The van der Waals surface area contributed by atoms with Crippen LogP contribution in [-0.2, 0) is 17.1 Å². The minimum atomic E-state index is -1.08. The summed E-state index contributed by atoms with van der Waals surface area (Å²) in [5, 5.41) is 10.1. The molecular weight excluding hydrogens is 476 g/mol.